The van der Waals surface area contributed by atoms with Gasteiger partial charge in [0.05, 0.1) is 17.0 Å². The van der Waals surface area contributed by atoms with Crippen molar-refractivity contribution in [2.24, 2.45) is 0 Å². The molecule has 2 saturated heterocycles. The Labute approximate surface area is 193 Å². The average molecular weight is 467 g/mol. The summed E-state index contributed by atoms with van der Waals surface area (Å²) in [5.74, 6) is -0.00508. The third-order valence-corrected chi connectivity index (χ3v) is 6.94. The highest BCUT2D eigenvalue weighted by Crippen LogP contribution is 2.34. The molecule has 0 saturated carbocycles. The zero-order valence-corrected chi connectivity index (χ0v) is 18.7. The molecule has 2 aromatic heterocycles. The lowest BCUT2D eigenvalue weighted by molar-refractivity contribution is -0.122. The van der Waals surface area contributed by atoms with Gasteiger partial charge in [0.1, 0.15) is 21.6 Å². The summed E-state index contributed by atoms with van der Waals surface area (Å²) < 4.78 is 15.1. The largest absolute Gasteiger partial charge is 0.356 e. The Hall–Kier alpha value is -3.04. The number of pyridine rings is 1. The minimum atomic E-state index is -0.335. The van der Waals surface area contributed by atoms with Crippen LogP contribution in [-0.4, -0.2) is 37.6 Å². The Morgan fingerprint density at radius 1 is 1.09 bits per heavy atom. The summed E-state index contributed by atoms with van der Waals surface area (Å²) in [6.07, 6.45) is 5.37. The third kappa shape index (κ3) is 3.82. The number of carbonyl (C=O) groups is 1. The van der Waals surface area contributed by atoms with Gasteiger partial charge in [-0.15, -0.1) is 0 Å². The number of hydrogen-bond donors (Lipinski definition) is 0. The van der Waals surface area contributed by atoms with Crippen molar-refractivity contribution in [1.82, 2.24) is 14.3 Å². The molecule has 9 heteroatoms. The third-order valence-electron chi connectivity index (χ3n) is 5.56. The number of benzene rings is 1. The number of amides is 1. The standard InChI is InChI=1S/C23H19FN4O2S2/c24-16-8-6-15(7-9-16)14-28-22(30)18(32-23(28)31)13-17-20(26-10-3-4-11-26)25-19-5-1-2-12-27(19)21(17)29/h1-2,5-9,12-13H,3-4,10-11,14H2/b18-13+. The van der Waals surface area contributed by atoms with E-state index < -0.39 is 0 Å². The van der Waals surface area contributed by atoms with Crippen molar-refractivity contribution in [2.75, 3.05) is 18.0 Å². The molecule has 32 heavy (non-hydrogen) atoms. The van der Waals surface area contributed by atoms with Gasteiger partial charge in [0.25, 0.3) is 11.5 Å². The van der Waals surface area contributed by atoms with Crippen molar-refractivity contribution in [2.45, 2.75) is 19.4 Å². The lowest BCUT2D eigenvalue weighted by atomic mass is 10.2. The van der Waals surface area contributed by atoms with E-state index in [-0.39, 0.29) is 23.8 Å². The van der Waals surface area contributed by atoms with Crippen LogP contribution in [0.25, 0.3) is 11.7 Å². The molecule has 0 aliphatic carbocycles. The molecule has 2 aliphatic rings. The maximum absolute atomic E-state index is 13.3. The van der Waals surface area contributed by atoms with Gasteiger partial charge < -0.3 is 4.90 Å². The molecule has 0 N–H and O–H groups in total. The van der Waals surface area contributed by atoms with E-state index in [1.807, 2.05) is 6.07 Å². The molecule has 1 amide bonds. The Bertz CT molecular complexity index is 1310. The summed E-state index contributed by atoms with van der Waals surface area (Å²) >= 11 is 6.59. The predicted molar refractivity (Wildman–Crippen MR) is 128 cm³/mol. The number of carbonyl (C=O) groups excluding carboxylic acids is 1. The molecule has 0 atom stereocenters. The second kappa shape index (κ2) is 8.48. The summed E-state index contributed by atoms with van der Waals surface area (Å²) in [4.78, 5) is 35.2. The number of halogens is 1. The van der Waals surface area contributed by atoms with Gasteiger partial charge in [-0.25, -0.2) is 9.37 Å². The Kier molecular flexibility index (Phi) is 5.52. The monoisotopic (exact) mass is 466 g/mol. The molecule has 0 radical (unpaired) electrons. The van der Waals surface area contributed by atoms with Gasteiger partial charge in [0.15, 0.2) is 0 Å². The molecule has 1 aromatic carbocycles. The number of nitrogens with zero attached hydrogens (tertiary/aromatic N) is 4. The first kappa shape index (κ1) is 20.8. The quantitative estimate of drug-likeness (QED) is 0.430. The van der Waals surface area contributed by atoms with Crippen molar-refractivity contribution in [3.05, 3.63) is 80.9 Å². The molecule has 0 spiro atoms. The second-order valence-corrected chi connectivity index (χ2v) is 9.35. The van der Waals surface area contributed by atoms with Crippen LogP contribution in [-0.2, 0) is 11.3 Å². The molecule has 2 aliphatic heterocycles. The maximum atomic E-state index is 13.3. The maximum Gasteiger partial charge on any atom is 0.267 e. The van der Waals surface area contributed by atoms with Gasteiger partial charge in [-0.05, 0) is 48.7 Å². The van der Waals surface area contributed by atoms with Crippen LogP contribution in [0.4, 0.5) is 10.2 Å². The molecule has 162 valence electrons. The fourth-order valence-corrected chi connectivity index (χ4v) is 5.16. The average Bonchev–Trinajstić information content (AvgIpc) is 3.42. The number of rotatable bonds is 4. The van der Waals surface area contributed by atoms with E-state index in [0.717, 1.165) is 43.3 Å². The molecular weight excluding hydrogens is 447 g/mol. The Morgan fingerprint density at radius 3 is 2.59 bits per heavy atom. The number of hydrogen-bond acceptors (Lipinski definition) is 6. The summed E-state index contributed by atoms with van der Waals surface area (Å²) in [6.45, 7) is 1.89. The topological polar surface area (TPSA) is 57.9 Å². The molecule has 4 heterocycles. The molecule has 2 fully saturated rings. The Balaban J connectivity index is 1.54. The summed E-state index contributed by atoms with van der Waals surface area (Å²) in [5.41, 5.74) is 1.51. The van der Waals surface area contributed by atoms with Crippen LogP contribution < -0.4 is 10.5 Å². The fourth-order valence-electron chi connectivity index (χ4n) is 3.93. The Morgan fingerprint density at radius 2 is 1.84 bits per heavy atom. The van der Waals surface area contributed by atoms with Crippen LogP contribution in [0.15, 0.2) is 58.4 Å². The second-order valence-electron chi connectivity index (χ2n) is 7.67. The van der Waals surface area contributed by atoms with Gasteiger partial charge in [-0.1, -0.05) is 42.2 Å². The lowest BCUT2D eigenvalue weighted by Crippen LogP contribution is -2.28. The number of thiocarbonyl (C=S) groups is 1. The van der Waals surface area contributed by atoms with Crippen LogP contribution in [0.2, 0.25) is 0 Å². The van der Waals surface area contributed by atoms with Gasteiger partial charge in [-0.3, -0.25) is 18.9 Å². The molecule has 3 aromatic rings. The molecule has 6 nitrogen and oxygen atoms in total. The minimum absolute atomic E-state index is 0.221. The van der Waals surface area contributed by atoms with Gasteiger partial charge in [0, 0.05) is 19.3 Å². The smallest absolute Gasteiger partial charge is 0.267 e. The fraction of sp³-hybridized carbons (Fsp3) is 0.217. The van der Waals surface area contributed by atoms with Crippen LogP contribution in [0.3, 0.4) is 0 Å². The van der Waals surface area contributed by atoms with Crippen LogP contribution in [0.5, 0.6) is 0 Å². The SMILES string of the molecule is O=C1/C(=C\c2c(N3CCCC3)nc3ccccn3c2=O)SC(=S)N1Cc1ccc(F)cc1. The van der Waals surface area contributed by atoms with Crippen molar-refractivity contribution in [1.29, 1.82) is 0 Å². The minimum Gasteiger partial charge on any atom is -0.356 e. The number of thioether (sulfide) groups is 1. The van der Waals surface area contributed by atoms with Gasteiger partial charge in [-0.2, -0.15) is 0 Å². The molecular formula is C23H19FN4O2S2. The number of anilines is 1. The van der Waals surface area contributed by atoms with E-state index in [0.29, 0.717) is 26.3 Å². The zero-order chi connectivity index (χ0) is 22.2. The van der Waals surface area contributed by atoms with Crippen molar-refractivity contribution in [3.63, 3.8) is 0 Å². The highest BCUT2D eigenvalue weighted by atomic mass is 32.2. The van der Waals surface area contributed by atoms with E-state index in [9.17, 15) is 14.0 Å². The van der Waals surface area contributed by atoms with E-state index >= 15 is 0 Å². The van der Waals surface area contributed by atoms with Gasteiger partial charge in [0.2, 0.25) is 0 Å². The highest BCUT2D eigenvalue weighted by molar-refractivity contribution is 8.26. The van der Waals surface area contributed by atoms with E-state index in [1.54, 1.807) is 36.5 Å². The summed E-state index contributed by atoms with van der Waals surface area (Å²) in [5, 5.41) is 0. The van der Waals surface area contributed by atoms with E-state index in [4.69, 9.17) is 17.2 Å². The van der Waals surface area contributed by atoms with Crippen molar-refractivity contribution >= 4 is 51.7 Å². The zero-order valence-electron chi connectivity index (χ0n) is 17.0. The van der Waals surface area contributed by atoms with Crippen LogP contribution >= 0.6 is 24.0 Å². The predicted octanol–water partition coefficient (Wildman–Crippen LogP) is 3.84. The lowest BCUT2D eigenvalue weighted by Gasteiger charge is -2.19. The summed E-state index contributed by atoms with van der Waals surface area (Å²) in [6, 6.07) is 11.4. The number of fused-ring (bicyclic) bond motifs is 1. The summed E-state index contributed by atoms with van der Waals surface area (Å²) in [7, 11) is 0. The molecule has 5 rings (SSSR count). The first-order chi connectivity index (χ1) is 15.5. The van der Waals surface area contributed by atoms with Gasteiger partial charge >= 0.3 is 0 Å². The first-order valence-electron chi connectivity index (χ1n) is 10.3. The van der Waals surface area contributed by atoms with Crippen LogP contribution in [0, 0.1) is 5.82 Å². The first-order valence-corrected chi connectivity index (χ1v) is 11.5. The number of aromatic nitrogens is 2. The van der Waals surface area contributed by atoms with E-state index in [2.05, 4.69) is 4.90 Å². The van der Waals surface area contributed by atoms with E-state index in [1.165, 1.54) is 21.4 Å². The van der Waals surface area contributed by atoms with Crippen molar-refractivity contribution < 1.29 is 9.18 Å². The van der Waals surface area contributed by atoms with Crippen LogP contribution in [0.1, 0.15) is 24.0 Å². The highest BCUT2D eigenvalue weighted by Gasteiger charge is 2.33. The van der Waals surface area contributed by atoms with Crippen molar-refractivity contribution in [3.8, 4) is 0 Å². The normalized spacial score (nSPS) is 17.8. The molecule has 0 bridgehead atoms. The molecule has 0 unspecified atom stereocenters.